The van der Waals surface area contributed by atoms with E-state index in [-0.39, 0.29) is 18.0 Å². The molecular formula is C23H26N4O3. The zero-order chi connectivity index (χ0) is 21.6. The summed E-state index contributed by atoms with van der Waals surface area (Å²) in [6.07, 6.45) is 1.82. The van der Waals surface area contributed by atoms with Gasteiger partial charge in [-0.1, -0.05) is 0 Å². The van der Waals surface area contributed by atoms with E-state index >= 15 is 0 Å². The molecule has 0 spiro atoms. The summed E-state index contributed by atoms with van der Waals surface area (Å²) in [6.45, 7) is 8.74. The molecule has 2 aromatic heterocycles. The molecule has 0 atom stereocenters. The molecule has 3 heterocycles. The second-order valence-corrected chi connectivity index (χ2v) is 7.93. The number of amides is 1. The fraction of sp³-hybridized carbons (Fsp3) is 0.348. The Labute approximate surface area is 175 Å². The predicted molar refractivity (Wildman–Crippen MR) is 115 cm³/mol. The number of aromatic nitrogens is 3. The van der Waals surface area contributed by atoms with Crippen LogP contribution in [0.15, 0.2) is 29.2 Å². The number of benzene rings is 1. The number of rotatable bonds is 3. The molecular weight excluding hydrogens is 380 g/mol. The lowest BCUT2D eigenvalue weighted by Gasteiger charge is -2.22. The van der Waals surface area contributed by atoms with Crippen molar-refractivity contribution in [1.29, 1.82) is 0 Å². The van der Waals surface area contributed by atoms with E-state index in [0.29, 0.717) is 30.0 Å². The molecule has 0 radical (unpaired) electrons. The number of carbonyl (C=O) groups is 1. The van der Waals surface area contributed by atoms with Gasteiger partial charge in [0, 0.05) is 23.9 Å². The summed E-state index contributed by atoms with van der Waals surface area (Å²) >= 11 is 0. The lowest BCUT2D eigenvalue weighted by atomic mass is 9.96. The van der Waals surface area contributed by atoms with Crippen LogP contribution >= 0.6 is 0 Å². The van der Waals surface area contributed by atoms with Crippen LogP contribution in [0, 0.1) is 27.7 Å². The van der Waals surface area contributed by atoms with E-state index in [0.717, 1.165) is 33.6 Å². The van der Waals surface area contributed by atoms with E-state index in [1.807, 2.05) is 63.8 Å². The quantitative estimate of drug-likeness (QED) is 0.725. The Morgan fingerprint density at radius 3 is 2.57 bits per heavy atom. The summed E-state index contributed by atoms with van der Waals surface area (Å²) in [7, 11) is 1.89. The third-order valence-corrected chi connectivity index (χ3v) is 5.77. The number of pyridine rings is 1. The van der Waals surface area contributed by atoms with Crippen LogP contribution in [0.3, 0.4) is 0 Å². The normalized spacial score (nSPS) is 13.8. The molecule has 30 heavy (non-hydrogen) atoms. The average molecular weight is 406 g/mol. The van der Waals surface area contributed by atoms with Crippen LogP contribution in [0.1, 0.15) is 38.3 Å². The van der Waals surface area contributed by atoms with Crippen LogP contribution in [-0.4, -0.2) is 38.7 Å². The highest BCUT2D eigenvalue weighted by atomic mass is 16.5. The molecule has 0 bridgehead atoms. The number of hydrogen-bond acceptors (Lipinski definition) is 4. The highest BCUT2D eigenvalue weighted by Gasteiger charge is 2.28. The number of nitrogens with zero attached hydrogens (tertiary/aromatic N) is 3. The number of nitrogens with one attached hydrogen (secondary N) is 1. The molecule has 1 amide bonds. The molecule has 0 fully saturated rings. The van der Waals surface area contributed by atoms with Crippen molar-refractivity contribution in [2.45, 2.75) is 34.2 Å². The molecule has 7 nitrogen and oxygen atoms in total. The van der Waals surface area contributed by atoms with Crippen molar-refractivity contribution in [3.05, 3.63) is 68.3 Å². The zero-order valence-electron chi connectivity index (χ0n) is 18.0. The van der Waals surface area contributed by atoms with Crippen molar-refractivity contribution in [3.63, 3.8) is 0 Å². The molecule has 3 aromatic rings. The van der Waals surface area contributed by atoms with Crippen molar-refractivity contribution in [2.24, 2.45) is 7.05 Å². The maximum atomic E-state index is 13.6. The number of fused-ring (bicyclic) bond motifs is 1. The Hall–Kier alpha value is -3.35. The Morgan fingerprint density at radius 2 is 1.90 bits per heavy atom. The number of aryl methyl sites for hydroxylation is 4. The van der Waals surface area contributed by atoms with Gasteiger partial charge in [0.1, 0.15) is 12.4 Å². The van der Waals surface area contributed by atoms with E-state index in [9.17, 15) is 9.59 Å². The maximum absolute atomic E-state index is 13.6. The van der Waals surface area contributed by atoms with Crippen molar-refractivity contribution >= 4 is 5.91 Å². The van der Waals surface area contributed by atoms with Crippen LogP contribution < -0.4 is 10.3 Å². The average Bonchev–Trinajstić information content (AvgIpc) is 2.91. The first-order valence-electron chi connectivity index (χ1n) is 10.0. The van der Waals surface area contributed by atoms with E-state index in [2.05, 4.69) is 10.1 Å². The molecule has 0 saturated heterocycles. The molecule has 1 aliphatic heterocycles. The molecule has 0 unspecified atom stereocenters. The molecule has 7 heteroatoms. The number of hydrogen-bond donors (Lipinski definition) is 1. The predicted octanol–water partition coefficient (Wildman–Crippen LogP) is 3.04. The van der Waals surface area contributed by atoms with Crippen LogP contribution in [0.5, 0.6) is 5.75 Å². The summed E-state index contributed by atoms with van der Waals surface area (Å²) < 4.78 is 7.73. The summed E-state index contributed by atoms with van der Waals surface area (Å²) in [4.78, 5) is 30.6. The Kier molecular flexibility index (Phi) is 4.97. The molecule has 1 N–H and O–H groups in total. The minimum Gasteiger partial charge on any atom is -0.491 e. The minimum atomic E-state index is -0.151. The van der Waals surface area contributed by atoms with Crippen molar-refractivity contribution in [2.75, 3.05) is 13.2 Å². The third kappa shape index (κ3) is 3.30. The first kappa shape index (κ1) is 19.9. The van der Waals surface area contributed by atoms with Crippen LogP contribution in [-0.2, 0) is 13.6 Å². The van der Waals surface area contributed by atoms with E-state index in [1.165, 1.54) is 0 Å². The van der Waals surface area contributed by atoms with E-state index in [4.69, 9.17) is 4.74 Å². The van der Waals surface area contributed by atoms with Gasteiger partial charge in [-0.25, -0.2) is 0 Å². The summed E-state index contributed by atoms with van der Waals surface area (Å²) in [5, 5.41) is 4.33. The summed E-state index contributed by atoms with van der Waals surface area (Å²) in [5.41, 5.74) is 6.52. The Bertz CT molecular complexity index is 1190. The van der Waals surface area contributed by atoms with Crippen molar-refractivity contribution in [1.82, 2.24) is 19.7 Å². The van der Waals surface area contributed by atoms with Gasteiger partial charge in [0.05, 0.1) is 30.5 Å². The van der Waals surface area contributed by atoms with Crippen LogP contribution in [0.2, 0.25) is 0 Å². The van der Waals surface area contributed by atoms with Gasteiger partial charge in [0.2, 0.25) is 0 Å². The fourth-order valence-electron chi connectivity index (χ4n) is 4.21. The van der Waals surface area contributed by atoms with Gasteiger partial charge in [-0.3, -0.25) is 14.3 Å². The Morgan fingerprint density at radius 1 is 1.13 bits per heavy atom. The van der Waals surface area contributed by atoms with Gasteiger partial charge in [-0.05, 0) is 62.6 Å². The highest BCUT2D eigenvalue weighted by molar-refractivity contribution is 6.00. The molecule has 156 valence electrons. The van der Waals surface area contributed by atoms with Gasteiger partial charge in [0.15, 0.2) is 0 Å². The SMILES string of the molecule is Cc1cc(C)c(CN2CCOc3ccc(-c4c(C)cnn4C)c(C)c3C2=O)c(=O)[nH]1. The molecule has 4 rings (SSSR count). The van der Waals surface area contributed by atoms with Gasteiger partial charge >= 0.3 is 0 Å². The second kappa shape index (κ2) is 7.48. The lowest BCUT2D eigenvalue weighted by molar-refractivity contribution is 0.0741. The smallest absolute Gasteiger partial charge is 0.258 e. The van der Waals surface area contributed by atoms with Gasteiger partial charge in [-0.2, -0.15) is 5.10 Å². The van der Waals surface area contributed by atoms with E-state index < -0.39 is 0 Å². The Balaban J connectivity index is 1.77. The first-order valence-corrected chi connectivity index (χ1v) is 10.0. The molecule has 1 aliphatic rings. The topological polar surface area (TPSA) is 80.2 Å². The number of ether oxygens (including phenoxy) is 1. The third-order valence-electron chi connectivity index (χ3n) is 5.77. The summed E-state index contributed by atoms with van der Waals surface area (Å²) in [5.74, 6) is 0.458. The van der Waals surface area contributed by atoms with Crippen LogP contribution in [0.25, 0.3) is 11.3 Å². The fourth-order valence-corrected chi connectivity index (χ4v) is 4.21. The van der Waals surface area contributed by atoms with Crippen LogP contribution in [0.4, 0.5) is 0 Å². The monoisotopic (exact) mass is 406 g/mol. The van der Waals surface area contributed by atoms with Gasteiger partial charge < -0.3 is 14.6 Å². The van der Waals surface area contributed by atoms with Crippen molar-refractivity contribution in [3.8, 4) is 17.0 Å². The standard InChI is InChI=1S/C23H26N4O3/c1-13-10-15(3)25-22(28)18(13)12-27-8-9-30-19-7-6-17(16(4)20(19)23(27)29)21-14(2)11-24-26(21)5/h6-7,10-11H,8-9,12H2,1-5H3,(H,25,28). The molecule has 1 aromatic carbocycles. The summed E-state index contributed by atoms with van der Waals surface area (Å²) in [6, 6.07) is 5.77. The highest BCUT2D eigenvalue weighted by Crippen LogP contribution is 2.35. The second-order valence-electron chi connectivity index (χ2n) is 7.93. The maximum Gasteiger partial charge on any atom is 0.258 e. The van der Waals surface area contributed by atoms with Crippen molar-refractivity contribution < 1.29 is 9.53 Å². The first-order chi connectivity index (χ1) is 14.3. The molecule has 0 saturated carbocycles. The molecule has 0 aliphatic carbocycles. The van der Waals surface area contributed by atoms with E-state index in [1.54, 1.807) is 4.90 Å². The lowest BCUT2D eigenvalue weighted by Crippen LogP contribution is -2.35. The zero-order valence-corrected chi connectivity index (χ0v) is 18.0. The number of H-pyrrole nitrogens is 1. The largest absolute Gasteiger partial charge is 0.491 e. The number of aromatic amines is 1. The number of carbonyl (C=O) groups excluding carboxylic acids is 1. The minimum absolute atomic E-state index is 0.124. The van der Waals surface area contributed by atoms with Gasteiger partial charge in [-0.15, -0.1) is 0 Å². The van der Waals surface area contributed by atoms with Gasteiger partial charge in [0.25, 0.3) is 11.5 Å².